The molecule has 2 atom stereocenters. The van der Waals surface area contributed by atoms with E-state index in [2.05, 4.69) is 151 Å². The van der Waals surface area contributed by atoms with Crippen LogP contribution in [-0.2, 0) is 25.5 Å². The first kappa shape index (κ1) is 39.5. The first-order chi connectivity index (χ1) is 24.1. The Kier molecular flexibility index (Phi) is 13.0. The summed E-state index contributed by atoms with van der Waals surface area (Å²) in [5.74, 6) is -0.611. The third-order valence-electron chi connectivity index (χ3n) is 10.2. The van der Waals surface area contributed by atoms with Gasteiger partial charge in [-0.1, -0.05) is 102 Å². The molecule has 6 heteroatoms. The number of anilines is 2. The Morgan fingerprint density at radius 2 is 1.27 bits per heavy atom. The standard InChI is InChI=1S/C45H60N2O4/c1-11-46-35-23-18-32(19-24-35)41(33-20-25-36(26-21-33)47(12-2)13-3)39-27-22-34(37-16-14-15-17-38(37)39)30-40(48)50-28-29-51-42(49)45(10,44(7,8)9)31-43(4,5)6/h14-27,41,46H,11-13,28-31H2,1-10H3. The molecule has 0 radical (unpaired) electrons. The van der Waals surface area contributed by atoms with E-state index in [1.165, 1.54) is 22.4 Å². The van der Waals surface area contributed by atoms with E-state index in [-0.39, 0.29) is 48.3 Å². The van der Waals surface area contributed by atoms with Gasteiger partial charge in [0, 0.05) is 36.9 Å². The van der Waals surface area contributed by atoms with Crippen molar-refractivity contribution in [1.82, 2.24) is 0 Å². The Labute approximate surface area is 306 Å². The predicted molar refractivity (Wildman–Crippen MR) is 213 cm³/mol. The first-order valence-electron chi connectivity index (χ1n) is 18.6. The molecule has 2 unspecified atom stereocenters. The molecule has 0 spiro atoms. The summed E-state index contributed by atoms with van der Waals surface area (Å²) in [6, 6.07) is 30.2. The summed E-state index contributed by atoms with van der Waals surface area (Å²) in [5, 5.41) is 5.54. The number of nitrogens with zero attached hydrogens (tertiary/aromatic N) is 1. The van der Waals surface area contributed by atoms with Crippen LogP contribution in [0.1, 0.15) is 104 Å². The van der Waals surface area contributed by atoms with Gasteiger partial charge in [-0.05, 0) is 102 Å². The minimum absolute atomic E-state index is 0.0101. The van der Waals surface area contributed by atoms with Crippen molar-refractivity contribution in [2.45, 2.75) is 88.0 Å². The number of hydrogen-bond donors (Lipinski definition) is 1. The number of ether oxygens (including phenoxy) is 2. The van der Waals surface area contributed by atoms with Crippen molar-refractivity contribution >= 4 is 34.1 Å². The zero-order valence-corrected chi connectivity index (χ0v) is 32.7. The molecule has 4 aromatic rings. The average Bonchev–Trinajstić information content (AvgIpc) is 3.08. The van der Waals surface area contributed by atoms with E-state index in [0.717, 1.165) is 41.7 Å². The van der Waals surface area contributed by atoms with Crippen LogP contribution in [0, 0.1) is 16.2 Å². The Morgan fingerprint density at radius 1 is 0.706 bits per heavy atom. The van der Waals surface area contributed by atoms with Crippen molar-refractivity contribution < 1.29 is 19.1 Å². The maximum Gasteiger partial charge on any atom is 0.312 e. The van der Waals surface area contributed by atoms with E-state index in [4.69, 9.17) is 9.47 Å². The van der Waals surface area contributed by atoms with E-state index < -0.39 is 5.41 Å². The Balaban J connectivity index is 1.56. The second-order valence-corrected chi connectivity index (χ2v) is 16.1. The lowest BCUT2D eigenvalue weighted by atomic mass is 9.61. The molecule has 0 fully saturated rings. The van der Waals surface area contributed by atoms with E-state index in [1.807, 2.05) is 13.0 Å². The van der Waals surface area contributed by atoms with Gasteiger partial charge >= 0.3 is 11.9 Å². The van der Waals surface area contributed by atoms with Gasteiger partial charge in [-0.2, -0.15) is 0 Å². The van der Waals surface area contributed by atoms with Crippen LogP contribution >= 0.6 is 0 Å². The highest BCUT2D eigenvalue weighted by Crippen LogP contribution is 2.47. The number of carbonyl (C=O) groups excluding carboxylic acids is 2. The number of nitrogens with one attached hydrogen (secondary N) is 1. The fourth-order valence-electron chi connectivity index (χ4n) is 7.17. The van der Waals surface area contributed by atoms with Gasteiger partial charge < -0.3 is 19.7 Å². The summed E-state index contributed by atoms with van der Waals surface area (Å²) in [4.78, 5) is 28.8. The summed E-state index contributed by atoms with van der Waals surface area (Å²) in [6.07, 6.45) is 0.814. The van der Waals surface area contributed by atoms with Gasteiger partial charge in [0.15, 0.2) is 0 Å². The second-order valence-electron chi connectivity index (χ2n) is 16.1. The molecule has 0 aliphatic carbocycles. The third kappa shape index (κ3) is 9.72. The van der Waals surface area contributed by atoms with Crippen molar-refractivity contribution in [3.05, 3.63) is 107 Å². The number of fused-ring (bicyclic) bond motifs is 1. The van der Waals surface area contributed by atoms with E-state index in [9.17, 15) is 9.59 Å². The fraction of sp³-hybridized carbons (Fsp3) is 0.467. The van der Waals surface area contributed by atoms with Crippen LogP contribution in [-0.4, -0.2) is 44.8 Å². The number of carbonyl (C=O) groups is 2. The molecule has 0 aliphatic heterocycles. The molecule has 6 nitrogen and oxygen atoms in total. The number of benzene rings is 4. The van der Waals surface area contributed by atoms with Crippen LogP contribution in [0.4, 0.5) is 11.4 Å². The van der Waals surface area contributed by atoms with Crippen LogP contribution < -0.4 is 10.2 Å². The quantitative estimate of drug-likeness (QED) is 0.0760. The molecule has 0 bridgehead atoms. The lowest BCUT2D eigenvalue weighted by molar-refractivity contribution is -0.168. The minimum Gasteiger partial charge on any atom is -0.462 e. The van der Waals surface area contributed by atoms with Gasteiger partial charge in [0.2, 0.25) is 0 Å². The van der Waals surface area contributed by atoms with Crippen LogP contribution in [0.2, 0.25) is 0 Å². The molecular formula is C45H60N2O4. The molecule has 0 saturated heterocycles. The Morgan fingerprint density at radius 3 is 1.82 bits per heavy atom. The van der Waals surface area contributed by atoms with E-state index in [0.29, 0.717) is 6.42 Å². The monoisotopic (exact) mass is 692 g/mol. The smallest absolute Gasteiger partial charge is 0.312 e. The van der Waals surface area contributed by atoms with Gasteiger partial charge in [0.1, 0.15) is 13.2 Å². The maximum atomic E-state index is 13.3. The number of esters is 2. The molecule has 274 valence electrons. The SMILES string of the molecule is CCNc1ccc(C(c2ccc(N(CC)CC)cc2)c2ccc(CC(=O)OCCOC(=O)C(C)(CC(C)(C)C)C(C)(C)C)c3ccccc23)cc1. The average molecular weight is 693 g/mol. The molecule has 0 aromatic heterocycles. The lowest BCUT2D eigenvalue weighted by Gasteiger charge is -2.43. The van der Waals surface area contributed by atoms with Crippen LogP contribution in [0.5, 0.6) is 0 Å². The number of hydrogen-bond acceptors (Lipinski definition) is 6. The highest BCUT2D eigenvalue weighted by Gasteiger charge is 2.47. The molecule has 1 N–H and O–H groups in total. The lowest BCUT2D eigenvalue weighted by Crippen LogP contribution is -2.44. The molecule has 0 aliphatic rings. The minimum atomic E-state index is -0.671. The van der Waals surface area contributed by atoms with Crippen LogP contribution in [0.3, 0.4) is 0 Å². The van der Waals surface area contributed by atoms with Gasteiger partial charge in [-0.25, -0.2) is 0 Å². The predicted octanol–water partition coefficient (Wildman–Crippen LogP) is 10.4. The summed E-state index contributed by atoms with van der Waals surface area (Å²) in [6.45, 7) is 23.9. The normalized spacial score (nSPS) is 13.7. The highest BCUT2D eigenvalue weighted by molar-refractivity contribution is 5.92. The van der Waals surface area contributed by atoms with Crippen molar-refractivity contribution in [1.29, 1.82) is 0 Å². The molecule has 0 saturated carbocycles. The second kappa shape index (κ2) is 16.8. The summed E-state index contributed by atoms with van der Waals surface area (Å²) < 4.78 is 11.3. The fourth-order valence-corrected chi connectivity index (χ4v) is 7.17. The van der Waals surface area contributed by atoms with Gasteiger partial charge in [-0.3, -0.25) is 9.59 Å². The van der Waals surface area contributed by atoms with Crippen molar-refractivity contribution in [3.8, 4) is 0 Å². The largest absolute Gasteiger partial charge is 0.462 e. The van der Waals surface area contributed by atoms with Crippen LogP contribution in [0.15, 0.2) is 84.9 Å². The summed E-state index contributed by atoms with van der Waals surface area (Å²) >= 11 is 0. The molecule has 51 heavy (non-hydrogen) atoms. The van der Waals surface area contributed by atoms with Gasteiger partial charge in [-0.15, -0.1) is 0 Å². The maximum absolute atomic E-state index is 13.3. The Hall–Kier alpha value is -4.32. The zero-order chi connectivity index (χ0) is 37.4. The molecule has 0 amide bonds. The molecule has 4 rings (SSSR count). The summed E-state index contributed by atoms with van der Waals surface area (Å²) in [7, 11) is 0. The van der Waals surface area contributed by atoms with Gasteiger partial charge in [0.25, 0.3) is 0 Å². The van der Waals surface area contributed by atoms with E-state index >= 15 is 0 Å². The molecule has 4 aromatic carbocycles. The van der Waals surface area contributed by atoms with Crippen LogP contribution in [0.25, 0.3) is 10.8 Å². The first-order valence-corrected chi connectivity index (χ1v) is 18.6. The van der Waals surface area contributed by atoms with Crippen molar-refractivity contribution in [3.63, 3.8) is 0 Å². The topological polar surface area (TPSA) is 67.9 Å². The van der Waals surface area contributed by atoms with E-state index in [1.54, 1.807) is 0 Å². The van der Waals surface area contributed by atoms with Crippen molar-refractivity contribution in [2.24, 2.45) is 16.2 Å². The Bertz CT molecular complexity index is 1740. The number of rotatable bonds is 15. The van der Waals surface area contributed by atoms with Gasteiger partial charge in [0.05, 0.1) is 11.8 Å². The zero-order valence-electron chi connectivity index (χ0n) is 32.7. The third-order valence-corrected chi connectivity index (χ3v) is 10.2. The highest BCUT2D eigenvalue weighted by atomic mass is 16.6. The summed E-state index contributed by atoms with van der Waals surface area (Å²) in [5.41, 5.74) is 5.80. The molecule has 0 heterocycles. The molecular weight excluding hydrogens is 633 g/mol. The van der Waals surface area contributed by atoms with Crippen molar-refractivity contribution in [2.75, 3.05) is 43.1 Å².